The molecular formula is C16H15Cl2NO2. The lowest BCUT2D eigenvalue weighted by Gasteiger charge is -2.15. The zero-order valence-corrected chi connectivity index (χ0v) is 13.2. The third-order valence-corrected chi connectivity index (χ3v) is 3.27. The van der Waals surface area contributed by atoms with E-state index in [1.54, 1.807) is 25.1 Å². The van der Waals surface area contributed by atoms with Crippen molar-refractivity contribution < 1.29 is 9.53 Å². The van der Waals surface area contributed by atoms with Gasteiger partial charge >= 0.3 is 0 Å². The number of amides is 1. The van der Waals surface area contributed by atoms with Crippen LogP contribution in [0.4, 0.5) is 5.69 Å². The number of halogens is 2. The lowest BCUT2D eigenvalue weighted by molar-refractivity contribution is -0.122. The summed E-state index contributed by atoms with van der Waals surface area (Å²) in [5, 5.41) is 3.71. The molecule has 2 aromatic carbocycles. The van der Waals surface area contributed by atoms with Crippen LogP contribution in [0, 0.1) is 6.92 Å². The SMILES string of the molecule is Cc1ccc(NC(=O)[C@H](C)Oc2cc(Cl)cc(Cl)c2)cc1. The van der Waals surface area contributed by atoms with Crippen molar-refractivity contribution in [3.8, 4) is 5.75 Å². The Morgan fingerprint density at radius 3 is 2.24 bits per heavy atom. The van der Waals surface area contributed by atoms with Crippen LogP contribution < -0.4 is 10.1 Å². The highest BCUT2D eigenvalue weighted by atomic mass is 35.5. The van der Waals surface area contributed by atoms with Gasteiger partial charge in [-0.2, -0.15) is 0 Å². The Labute approximate surface area is 133 Å². The highest BCUT2D eigenvalue weighted by Gasteiger charge is 2.15. The molecule has 1 atom stereocenters. The monoisotopic (exact) mass is 323 g/mol. The van der Waals surface area contributed by atoms with E-state index in [0.717, 1.165) is 11.3 Å². The quantitative estimate of drug-likeness (QED) is 0.885. The molecule has 0 spiro atoms. The molecule has 0 heterocycles. The average molecular weight is 324 g/mol. The van der Waals surface area contributed by atoms with Gasteiger partial charge in [-0.25, -0.2) is 0 Å². The van der Waals surface area contributed by atoms with Crippen LogP contribution in [0.3, 0.4) is 0 Å². The van der Waals surface area contributed by atoms with Crippen molar-refractivity contribution in [1.29, 1.82) is 0 Å². The number of rotatable bonds is 4. The maximum absolute atomic E-state index is 12.1. The van der Waals surface area contributed by atoms with Gasteiger partial charge in [0, 0.05) is 15.7 Å². The van der Waals surface area contributed by atoms with Crippen molar-refractivity contribution in [2.75, 3.05) is 5.32 Å². The summed E-state index contributed by atoms with van der Waals surface area (Å²) >= 11 is 11.8. The predicted octanol–water partition coefficient (Wildman–Crippen LogP) is 4.71. The first-order chi connectivity index (χ1) is 9.94. The summed E-state index contributed by atoms with van der Waals surface area (Å²) in [5.41, 5.74) is 1.86. The Morgan fingerprint density at radius 1 is 1.10 bits per heavy atom. The number of anilines is 1. The van der Waals surface area contributed by atoms with Crippen molar-refractivity contribution >= 4 is 34.8 Å². The number of carbonyl (C=O) groups excluding carboxylic acids is 1. The van der Waals surface area contributed by atoms with E-state index in [4.69, 9.17) is 27.9 Å². The summed E-state index contributed by atoms with van der Waals surface area (Å²) in [6.07, 6.45) is -0.666. The molecule has 0 radical (unpaired) electrons. The van der Waals surface area contributed by atoms with Crippen molar-refractivity contribution in [2.45, 2.75) is 20.0 Å². The molecule has 5 heteroatoms. The highest BCUT2D eigenvalue weighted by molar-refractivity contribution is 6.34. The number of ether oxygens (including phenoxy) is 1. The molecule has 0 fully saturated rings. The van der Waals surface area contributed by atoms with Gasteiger partial charge in [0.15, 0.2) is 6.10 Å². The second-order valence-electron chi connectivity index (χ2n) is 4.72. The number of carbonyl (C=O) groups is 1. The first-order valence-electron chi connectivity index (χ1n) is 6.44. The Hall–Kier alpha value is -1.71. The van der Waals surface area contributed by atoms with E-state index < -0.39 is 6.10 Å². The van der Waals surface area contributed by atoms with E-state index in [1.165, 1.54) is 0 Å². The minimum atomic E-state index is -0.666. The molecule has 0 bridgehead atoms. The Morgan fingerprint density at radius 2 is 1.67 bits per heavy atom. The van der Waals surface area contributed by atoms with E-state index in [0.29, 0.717) is 15.8 Å². The maximum Gasteiger partial charge on any atom is 0.265 e. The van der Waals surface area contributed by atoms with Gasteiger partial charge in [-0.3, -0.25) is 4.79 Å². The van der Waals surface area contributed by atoms with E-state index >= 15 is 0 Å². The zero-order valence-electron chi connectivity index (χ0n) is 11.7. The predicted molar refractivity (Wildman–Crippen MR) is 86.4 cm³/mol. The van der Waals surface area contributed by atoms with Gasteiger partial charge in [0.2, 0.25) is 0 Å². The summed E-state index contributed by atoms with van der Waals surface area (Å²) in [4.78, 5) is 12.1. The molecule has 1 N–H and O–H groups in total. The molecule has 0 aliphatic rings. The largest absolute Gasteiger partial charge is 0.481 e. The van der Waals surface area contributed by atoms with Crippen molar-refractivity contribution in [3.63, 3.8) is 0 Å². The summed E-state index contributed by atoms with van der Waals surface area (Å²) in [6.45, 7) is 3.65. The van der Waals surface area contributed by atoms with Gasteiger partial charge in [-0.05, 0) is 44.2 Å². The molecule has 3 nitrogen and oxygen atoms in total. The first-order valence-corrected chi connectivity index (χ1v) is 7.20. The maximum atomic E-state index is 12.1. The fourth-order valence-corrected chi connectivity index (χ4v) is 2.24. The van der Waals surface area contributed by atoms with Crippen molar-refractivity contribution in [2.24, 2.45) is 0 Å². The molecule has 0 aliphatic heterocycles. The Kier molecular flexibility index (Phi) is 5.10. The summed E-state index contributed by atoms with van der Waals surface area (Å²) in [7, 11) is 0. The lowest BCUT2D eigenvalue weighted by Crippen LogP contribution is -2.30. The van der Waals surface area contributed by atoms with Crippen LogP contribution in [0.2, 0.25) is 10.0 Å². The Balaban J connectivity index is 2.00. The van der Waals surface area contributed by atoms with Crippen LogP contribution in [0.5, 0.6) is 5.75 Å². The van der Waals surface area contributed by atoms with Crippen molar-refractivity contribution in [3.05, 3.63) is 58.1 Å². The normalized spacial score (nSPS) is 11.8. The number of benzene rings is 2. The Bertz CT molecular complexity index is 621. The molecule has 21 heavy (non-hydrogen) atoms. The molecule has 110 valence electrons. The van der Waals surface area contributed by atoms with E-state index in [1.807, 2.05) is 31.2 Å². The molecule has 1 amide bonds. The van der Waals surface area contributed by atoms with Crippen LogP contribution in [0.1, 0.15) is 12.5 Å². The standard InChI is InChI=1S/C16H15Cl2NO2/c1-10-3-5-14(6-4-10)19-16(20)11(2)21-15-8-12(17)7-13(18)9-15/h3-9,11H,1-2H3,(H,19,20)/t11-/m0/s1. The van der Waals surface area contributed by atoms with Crippen LogP contribution in [-0.2, 0) is 4.79 Å². The molecule has 0 saturated carbocycles. The minimum absolute atomic E-state index is 0.241. The molecule has 0 aliphatic carbocycles. The van der Waals surface area contributed by atoms with E-state index in [9.17, 15) is 4.79 Å². The van der Waals surface area contributed by atoms with E-state index in [2.05, 4.69) is 5.32 Å². The van der Waals surface area contributed by atoms with Gasteiger partial charge in [-0.1, -0.05) is 40.9 Å². The first kappa shape index (κ1) is 15.7. The molecule has 2 aromatic rings. The second kappa shape index (κ2) is 6.83. The summed E-state index contributed by atoms with van der Waals surface area (Å²) in [6, 6.07) is 12.4. The molecular weight excluding hydrogens is 309 g/mol. The summed E-state index contributed by atoms with van der Waals surface area (Å²) in [5.74, 6) is 0.217. The number of aryl methyl sites for hydroxylation is 1. The van der Waals surface area contributed by atoms with Gasteiger partial charge in [0.05, 0.1) is 0 Å². The van der Waals surface area contributed by atoms with Gasteiger partial charge in [0.25, 0.3) is 5.91 Å². The molecule has 0 saturated heterocycles. The van der Waals surface area contributed by atoms with Crippen LogP contribution in [0.15, 0.2) is 42.5 Å². The van der Waals surface area contributed by atoms with Gasteiger partial charge < -0.3 is 10.1 Å². The zero-order chi connectivity index (χ0) is 15.4. The minimum Gasteiger partial charge on any atom is -0.481 e. The molecule has 0 aromatic heterocycles. The van der Waals surface area contributed by atoms with Crippen LogP contribution >= 0.6 is 23.2 Å². The third kappa shape index (κ3) is 4.66. The lowest BCUT2D eigenvalue weighted by atomic mass is 10.2. The smallest absolute Gasteiger partial charge is 0.265 e. The van der Waals surface area contributed by atoms with Gasteiger partial charge in [-0.15, -0.1) is 0 Å². The number of hydrogen-bond acceptors (Lipinski definition) is 2. The van der Waals surface area contributed by atoms with E-state index in [-0.39, 0.29) is 5.91 Å². The second-order valence-corrected chi connectivity index (χ2v) is 5.59. The molecule has 2 rings (SSSR count). The third-order valence-electron chi connectivity index (χ3n) is 2.84. The molecule has 0 unspecified atom stereocenters. The van der Waals surface area contributed by atoms with Crippen molar-refractivity contribution in [1.82, 2.24) is 0 Å². The van der Waals surface area contributed by atoms with Crippen LogP contribution in [0.25, 0.3) is 0 Å². The fourth-order valence-electron chi connectivity index (χ4n) is 1.73. The number of nitrogens with one attached hydrogen (secondary N) is 1. The fraction of sp³-hybridized carbons (Fsp3) is 0.188. The highest BCUT2D eigenvalue weighted by Crippen LogP contribution is 2.25. The van der Waals surface area contributed by atoms with Crippen LogP contribution in [-0.4, -0.2) is 12.0 Å². The topological polar surface area (TPSA) is 38.3 Å². The van der Waals surface area contributed by atoms with Gasteiger partial charge in [0.1, 0.15) is 5.75 Å². The number of hydrogen-bond donors (Lipinski definition) is 1. The average Bonchev–Trinajstić information content (AvgIpc) is 2.40. The summed E-state index contributed by atoms with van der Waals surface area (Å²) < 4.78 is 5.55.